The quantitative estimate of drug-likeness (QED) is 0.689. The number of alkyl halides is 3. The van der Waals surface area contributed by atoms with E-state index in [0.717, 1.165) is 0 Å². The normalized spacial score (nSPS) is 11.2. The molecule has 1 rings (SSSR count). The van der Waals surface area contributed by atoms with E-state index in [1.807, 2.05) is 0 Å². The average Bonchev–Trinajstić information content (AvgIpc) is 2.15. The molecule has 15 heavy (non-hydrogen) atoms. The van der Waals surface area contributed by atoms with Gasteiger partial charge in [0.2, 0.25) is 0 Å². The molecular weight excluding hydrogens is 205 g/mol. The Morgan fingerprint density at radius 3 is 2.40 bits per heavy atom. The van der Waals surface area contributed by atoms with Crippen LogP contribution in [0.3, 0.4) is 0 Å². The van der Waals surface area contributed by atoms with Crippen molar-refractivity contribution in [1.82, 2.24) is 0 Å². The molecule has 0 unspecified atom stereocenters. The zero-order valence-corrected chi connectivity index (χ0v) is 8.06. The minimum absolute atomic E-state index is 0.0214. The smallest absolute Gasteiger partial charge is 0.298 e. The zero-order valence-electron chi connectivity index (χ0n) is 8.06. The lowest BCUT2D eigenvalue weighted by Gasteiger charge is -2.12. The van der Waals surface area contributed by atoms with Crippen LogP contribution in [0.4, 0.5) is 13.2 Å². The minimum Gasteiger partial charge on any atom is -0.298 e. The van der Waals surface area contributed by atoms with Crippen molar-refractivity contribution in [1.29, 1.82) is 0 Å². The third kappa shape index (κ3) is 2.46. The number of halogens is 3. The lowest BCUT2D eigenvalue weighted by molar-refractivity contribution is -0.0687. The van der Waals surface area contributed by atoms with Crippen molar-refractivity contribution in [3.05, 3.63) is 41.5 Å². The largest absolute Gasteiger partial charge is 0.416 e. The van der Waals surface area contributed by atoms with Crippen LogP contribution in [0.25, 0.3) is 5.57 Å². The van der Waals surface area contributed by atoms with Crippen LogP contribution in [0.5, 0.6) is 0 Å². The van der Waals surface area contributed by atoms with Crippen molar-refractivity contribution in [2.45, 2.75) is 13.1 Å². The molecule has 0 aliphatic carbocycles. The van der Waals surface area contributed by atoms with Crippen molar-refractivity contribution in [2.24, 2.45) is 0 Å². The molecule has 0 bridgehead atoms. The number of rotatable bonds is 2. The van der Waals surface area contributed by atoms with Gasteiger partial charge in [-0.3, -0.25) is 4.79 Å². The molecule has 1 aromatic rings. The summed E-state index contributed by atoms with van der Waals surface area (Å²) in [4.78, 5) is 10.4. The summed E-state index contributed by atoms with van der Waals surface area (Å²) < 4.78 is 37.0. The van der Waals surface area contributed by atoms with Gasteiger partial charge in [-0.1, -0.05) is 18.7 Å². The predicted molar refractivity (Wildman–Crippen MR) is 51.7 cm³/mol. The maximum Gasteiger partial charge on any atom is 0.416 e. The Kier molecular flexibility index (Phi) is 2.98. The molecule has 0 radical (unpaired) electrons. The molecule has 0 atom stereocenters. The van der Waals surface area contributed by atoms with Gasteiger partial charge in [0.05, 0.1) is 5.57 Å². The molecule has 0 fully saturated rings. The molecule has 0 spiro atoms. The van der Waals surface area contributed by atoms with Crippen molar-refractivity contribution >= 4 is 11.9 Å². The first-order valence-corrected chi connectivity index (χ1v) is 4.18. The van der Waals surface area contributed by atoms with Crippen LogP contribution in [-0.2, 0) is 0 Å². The summed E-state index contributed by atoms with van der Waals surface area (Å²) in [6, 6.07) is 4.00. The summed E-state index contributed by atoms with van der Waals surface area (Å²) in [5.74, 6) is 0. The van der Waals surface area contributed by atoms with Crippen LogP contribution in [0.2, 0.25) is 0 Å². The van der Waals surface area contributed by atoms with E-state index in [9.17, 15) is 18.0 Å². The predicted octanol–water partition coefficient (Wildman–Crippen LogP) is 3.38. The second-order valence-electron chi connectivity index (χ2n) is 3.17. The summed E-state index contributed by atoms with van der Waals surface area (Å²) >= 11 is 0. The number of carbonyl (C=O) groups is 1. The highest BCUT2D eigenvalue weighted by molar-refractivity contribution is 5.78. The molecule has 0 saturated heterocycles. The number of hydrogen-bond acceptors (Lipinski definition) is 1. The van der Waals surface area contributed by atoms with Crippen LogP contribution >= 0.6 is 0 Å². The molecule has 0 N–H and O–H groups in total. The number of carbonyl (C=O) groups excluding carboxylic acids is 1. The zero-order chi connectivity index (χ0) is 11.6. The lowest BCUT2D eigenvalue weighted by Crippen LogP contribution is -2.10. The SMILES string of the molecule is C=C(c1ccc(C=O)cc1C)C(F)(F)F. The van der Waals surface area contributed by atoms with Gasteiger partial charge in [-0.05, 0) is 24.1 Å². The Hall–Kier alpha value is -1.58. The van der Waals surface area contributed by atoms with Gasteiger partial charge in [-0.15, -0.1) is 0 Å². The van der Waals surface area contributed by atoms with E-state index in [1.54, 1.807) is 0 Å². The monoisotopic (exact) mass is 214 g/mol. The van der Waals surface area contributed by atoms with Crippen molar-refractivity contribution in [3.8, 4) is 0 Å². The molecule has 0 amide bonds. The highest BCUT2D eigenvalue weighted by Gasteiger charge is 2.33. The fraction of sp³-hybridized carbons (Fsp3) is 0.182. The molecule has 0 aromatic heterocycles. The molecule has 0 aliphatic rings. The summed E-state index contributed by atoms with van der Waals surface area (Å²) in [7, 11) is 0. The molecule has 80 valence electrons. The van der Waals surface area contributed by atoms with Crippen LogP contribution in [-0.4, -0.2) is 12.5 Å². The fourth-order valence-corrected chi connectivity index (χ4v) is 1.25. The van der Waals surface area contributed by atoms with E-state index in [0.29, 0.717) is 17.4 Å². The van der Waals surface area contributed by atoms with Crippen LogP contribution in [0.1, 0.15) is 21.5 Å². The molecule has 4 heteroatoms. The van der Waals surface area contributed by atoms with E-state index in [4.69, 9.17) is 0 Å². The number of allylic oxidation sites excluding steroid dienone is 1. The van der Waals surface area contributed by atoms with Gasteiger partial charge in [-0.25, -0.2) is 0 Å². The van der Waals surface area contributed by atoms with Gasteiger partial charge in [0.1, 0.15) is 6.29 Å². The number of hydrogen-bond donors (Lipinski definition) is 0. The standard InChI is InChI=1S/C11H9F3O/c1-7-5-9(6-15)3-4-10(7)8(2)11(12,13)14/h3-6H,2H2,1H3. The van der Waals surface area contributed by atoms with Crippen molar-refractivity contribution < 1.29 is 18.0 Å². The summed E-state index contributed by atoms with van der Waals surface area (Å²) in [5, 5.41) is 0. The first kappa shape index (κ1) is 11.5. The van der Waals surface area contributed by atoms with Crippen LogP contribution in [0.15, 0.2) is 24.8 Å². The van der Waals surface area contributed by atoms with Gasteiger partial charge in [0, 0.05) is 5.56 Å². The second kappa shape index (κ2) is 3.88. The summed E-state index contributed by atoms with van der Waals surface area (Å²) in [5.41, 5.74) is -0.126. The highest BCUT2D eigenvalue weighted by atomic mass is 19.4. The number of aldehydes is 1. The molecule has 1 nitrogen and oxygen atoms in total. The van der Waals surface area contributed by atoms with Crippen LogP contribution < -0.4 is 0 Å². The molecular formula is C11H9F3O. The molecule has 0 aliphatic heterocycles. The summed E-state index contributed by atoms with van der Waals surface area (Å²) in [6.07, 6.45) is -3.85. The second-order valence-corrected chi connectivity index (χ2v) is 3.17. The van der Waals surface area contributed by atoms with Crippen molar-refractivity contribution in [3.63, 3.8) is 0 Å². The Labute approximate surface area is 85.2 Å². The average molecular weight is 214 g/mol. The molecule has 0 heterocycles. The minimum atomic E-state index is -4.44. The molecule has 1 aromatic carbocycles. The third-order valence-corrected chi connectivity index (χ3v) is 2.05. The van der Waals surface area contributed by atoms with Gasteiger partial charge in [0.25, 0.3) is 0 Å². The van der Waals surface area contributed by atoms with Gasteiger partial charge >= 0.3 is 6.18 Å². The van der Waals surface area contributed by atoms with E-state index >= 15 is 0 Å². The van der Waals surface area contributed by atoms with Gasteiger partial charge in [-0.2, -0.15) is 13.2 Å². The highest BCUT2D eigenvalue weighted by Crippen LogP contribution is 2.33. The van der Waals surface area contributed by atoms with E-state index in [2.05, 4.69) is 6.58 Å². The Bertz CT molecular complexity index is 405. The molecule has 0 saturated carbocycles. The van der Waals surface area contributed by atoms with Crippen molar-refractivity contribution in [2.75, 3.05) is 0 Å². The maximum atomic E-state index is 12.3. The lowest BCUT2D eigenvalue weighted by atomic mass is 9.99. The Morgan fingerprint density at radius 1 is 1.40 bits per heavy atom. The topological polar surface area (TPSA) is 17.1 Å². The fourth-order valence-electron chi connectivity index (χ4n) is 1.25. The number of aryl methyl sites for hydroxylation is 1. The van der Waals surface area contributed by atoms with Crippen LogP contribution in [0, 0.1) is 6.92 Å². The number of benzene rings is 1. The van der Waals surface area contributed by atoms with E-state index in [-0.39, 0.29) is 5.56 Å². The Morgan fingerprint density at radius 2 is 2.00 bits per heavy atom. The third-order valence-electron chi connectivity index (χ3n) is 2.05. The first-order valence-electron chi connectivity index (χ1n) is 4.18. The van der Waals surface area contributed by atoms with E-state index < -0.39 is 11.7 Å². The summed E-state index contributed by atoms with van der Waals surface area (Å²) in [6.45, 7) is 4.51. The van der Waals surface area contributed by atoms with E-state index in [1.165, 1.54) is 25.1 Å². The Balaban J connectivity index is 3.17. The van der Waals surface area contributed by atoms with Gasteiger partial charge in [0.15, 0.2) is 0 Å². The first-order chi connectivity index (χ1) is 6.86. The maximum absolute atomic E-state index is 12.3. The van der Waals surface area contributed by atoms with Gasteiger partial charge < -0.3 is 0 Å².